The summed E-state index contributed by atoms with van der Waals surface area (Å²) in [6.45, 7) is 4.35. The normalized spacial score (nSPS) is 10.8. The molecule has 0 saturated carbocycles. The molecule has 1 heterocycles. The lowest BCUT2D eigenvalue weighted by molar-refractivity contribution is 0.628. The molecule has 0 aliphatic carbocycles. The van der Waals surface area contributed by atoms with Gasteiger partial charge in [0.15, 0.2) is 11.0 Å². The first-order chi connectivity index (χ1) is 12.1. The Morgan fingerprint density at radius 1 is 1.08 bits per heavy atom. The molecule has 0 aliphatic heterocycles. The van der Waals surface area contributed by atoms with Gasteiger partial charge in [0.1, 0.15) is 5.82 Å². The first-order valence-corrected chi connectivity index (χ1v) is 9.19. The number of allylic oxidation sites excluding steroid dienone is 1. The third kappa shape index (κ3) is 4.24. The maximum absolute atomic E-state index is 13.1. The van der Waals surface area contributed by atoms with Gasteiger partial charge in [-0.2, -0.15) is 0 Å². The molecule has 3 aromatic rings. The van der Waals surface area contributed by atoms with E-state index < -0.39 is 0 Å². The van der Waals surface area contributed by atoms with Gasteiger partial charge in [0.05, 0.1) is 10.0 Å². The standard InChI is InChI=1S/C18H14Cl2FN3S/c1-2-9-24-17(13-4-6-14(21)7-5-13)22-23-18(24)25-11-12-3-8-15(19)16(20)10-12/h2-8,10H,1,9,11H2. The van der Waals surface area contributed by atoms with Crippen molar-refractivity contribution in [2.24, 2.45) is 0 Å². The van der Waals surface area contributed by atoms with Crippen molar-refractivity contribution >= 4 is 35.0 Å². The molecular weight excluding hydrogens is 380 g/mol. The molecule has 128 valence electrons. The van der Waals surface area contributed by atoms with Crippen molar-refractivity contribution in [1.29, 1.82) is 0 Å². The monoisotopic (exact) mass is 393 g/mol. The molecular formula is C18H14Cl2FN3S. The Bertz CT molecular complexity index is 894. The van der Waals surface area contributed by atoms with E-state index in [4.69, 9.17) is 23.2 Å². The number of hydrogen-bond donors (Lipinski definition) is 0. The number of hydrogen-bond acceptors (Lipinski definition) is 3. The topological polar surface area (TPSA) is 30.7 Å². The van der Waals surface area contributed by atoms with Gasteiger partial charge in [0, 0.05) is 17.9 Å². The summed E-state index contributed by atoms with van der Waals surface area (Å²) in [6.07, 6.45) is 1.78. The fraction of sp³-hybridized carbons (Fsp3) is 0.111. The number of benzene rings is 2. The van der Waals surface area contributed by atoms with Crippen LogP contribution in [-0.4, -0.2) is 14.8 Å². The van der Waals surface area contributed by atoms with Crippen molar-refractivity contribution in [2.45, 2.75) is 17.5 Å². The molecule has 0 radical (unpaired) electrons. The van der Waals surface area contributed by atoms with E-state index in [1.165, 1.54) is 23.9 Å². The Kier molecular flexibility index (Phi) is 5.78. The van der Waals surface area contributed by atoms with E-state index in [1.54, 1.807) is 24.3 Å². The van der Waals surface area contributed by atoms with Crippen LogP contribution >= 0.6 is 35.0 Å². The molecule has 0 spiro atoms. The maximum atomic E-state index is 13.1. The van der Waals surface area contributed by atoms with Gasteiger partial charge in [-0.15, -0.1) is 16.8 Å². The minimum absolute atomic E-state index is 0.284. The summed E-state index contributed by atoms with van der Waals surface area (Å²) in [5, 5.41) is 10.3. The number of thioether (sulfide) groups is 1. The van der Waals surface area contributed by atoms with Crippen LogP contribution in [0.3, 0.4) is 0 Å². The summed E-state index contributed by atoms with van der Waals surface area (Å²) >= 11 is 13.5. The van der Waals surface area contributed by atoms with Crippen molar-refractivity contribution < 1.29 is 4.39 Å². The number of halogens is 3. The van der Waals surface area contributed by atoms with E-state index in [9.17, 15) is 4.39 Å². The first kappa shape index (κ1) is 18.0. The molecule has 0 aliphatic rings. The molecule has 25 heavy (non-hydrogen) atoms. The van der Waals surface area contributed by atoms with Gasteiger partial charge in [-0.3, -0.25) is 4.57 Å². The molecule has 7 heteroatoms. The van der Waals surface area contributed by atoms with Gasteiger partial charge in [0.25, 0.3) is 0 Å². The summed E-state index contributed by atoms with van der Waals surface area (Å²) in [6, 6.07) is 11.7. The summed E-state index contributed by atoms with van der Waals surface area (Å²) in [5.41, 5.74) is 1.84. The Morgan fingerprint density at radius 3 is 2.52 bits per heavy atom. The molecule has 3 nitrogen and oxygen atoms in total. The fourth-order valence-electron chi connectivity index (χ4n) is 2.28. The third-order valence-corrected chi connectivity index (χ3v) is 5.26. The molecule has 0 bridgehead atoms. The number of rotatable bonds is 6. The second-order valence-electron chi connectivity index (χ2n) is 5.25. The second-order valence-corrected chi connectivity index (χ2v) is 7.01. The molecule has 0 unspecified atom stereocenters. The molecule has 0 amide bonds. The van der Waals surface area contributed by atoms with Crippen molar-refractivity contribution in [1.82, 2.24) is 14.8 Å². The highest BCUT2D eigenvalue weighted by Crippen LogP contribution is 2.29. The predicted octanol–water partition coefficient (Wildman–Crippen LogP) is 5.87. The molecule has 0 saturated heterocycles. The Morgan fingerprint density at radius 2 is 1.84 bits per heavy atom. The smallest absolute Gasteiger partial charge is 0.192 e. The minimum atomic E-state index is -0.284. The Labute approximate surface area is 159 Å². The third-order valence-electron chi connectivity index (χ3n) is 3.48. The van der Waals surface area contributed by atoms with E-state index in [2.05, 4.69) is 16.8 Å². The van der Waals surface area contributed by atoms with Gasteiger partial charge < -0.3 is 0 Å². The highest BCUT2D eigenvalue weighted by atomic mass is 35.5. The van der Waals surface area contributed by atoms with Gasteiger partial charge >= 0.3 is 0 Å². The minimum Gasteiger partial charge on any atom is -0.298 e. The first-order valence-electron chi connectivity index (χ1n) is 7.45. The average Bonchev–Trinajstić information content (AvgIpc) is 3.00. The fourth-order valence-corrected chi connectivity index (χ4v) is 3.49. The lowest BCUT2D eigenvalue weighted by atomic mass is 10.2. The largest absolute Gasteiger partial charge is 0.298 e. The van der Waals surface area contributed by atoms with Gasteiger partial charge in [-0.05, 0) is 42.0 Å². The molecule has 3 rings (SSSR count). The van der Waals surface area contributed by atoms with Crippen LogP contribution in [0.25, 0.3) is 11.4 Å². The van der Waals surface area contributed by atoms with Crippen LogP contribution in [-0.2, 0) is 12.3 Å². The zero-order valence-electron chi connectivity index (χ0n) is 13.1. The molecule has 2 aromatic carbocycles. The predicted molar refractivity (Wildman–Crippen MR) is 102 cm³/mol. The Hall–Kier alpha value is -1.82. The van der Waals surface area contributed by atoms with Crippen molar-refractivity contribution in [2.75, 3.05) is 0 Å². The van der Waals surface area contributed by atoms with Crippen LogP contribution in [0.4, 0.5) is 4.39 Å². The quantitative estimate of drug-likeness (QED) is 0.387. The van der Waals surface area contributed by atoms with E-state index in [-0.39, 0.29) is 5.82 Å². The van der Waals surface area contributed by atoms with Crippen LogP contribution in [0.2, 0.25) is 10.0 Å². The average molecular weight is 394 g/mol. The molecule has 0 atom stereocenters. The van der Waals surface area contributed by atoms with Crippen LogP contribution in [0.1, 0.15) is 5.56 Å². The molecule has 1 aromatic heterocycles. The van der Waals surface area contributed by atoms with Crippen LogP contribution < -0.4 is 0 Å². The Balaban J connectivity index is 1.84. The van der Waals surface area contributed by atoms with E-state index in [1.807, 2.05) is 16.7 Å². The lowest BCUT2D eigenvalue weighted by Gasteiger charge is -2.08. The number of nitrogens with zero attached hydrogens (tertiary/aromatic N) is 3. The van der Waals surface area contributed by atoms with Crippen LogP contribution in [0, 0.1) is 5.82 Å². The van der Waals surface area contributed by atoms with E-state index in [0.717, 1.165) is 16.3 Å². The van der Waals surface area contributed by atoms with Gasteiger partial charge in [-0.25, -0.2) is 4.39 Å². The summed E-state index contributed by atoms with van der Waals surface area (Å²) < 4.78 is 15.1. The van der Waals surface area contributed by atoms with Crippen LogP contribution in [0.15, 0.2) is 60.3 Å². The van der Waals surface area contributed by atoms with Crippen molar-refractivity contribution in [3.05, 3.63) is 76.5 Å². The van der Waals surface area contributed by atoms with Crippen LogP contribution in [0.5, 0.6) is 0 Å². The number of aromatic nitrogens is 3. The maximum Gasteiger partial charge on any atom is 0.192 e. The summed E-state index contributed by atoms with van der Waals surface area (Å²) in [4.78, 5) is 0. The van der Waals surface area contributed by atoms with Crippen molar-refractivity contribution in [3.8, 4) is 11.4 Å². The van der Waals surface area contributed by atoms with Gasteiger partial charge in [0.2, 0.25) is 0 Å². The second kappa shape index (κ2) is 8.04. The van der Waals surface area contributed by atoms with Gasteiger partial charge in [-0.1, -0.05) is 47.1 Å². The molecule has 0 N–H and O–H groups in total. The molecule has 0 fully saturated rings. The van der Waals surface area contributed by atoms with Crippen molar-refractivity contribution in [3.63, 3.8) is 0 Å². The highest BCUT2D eigenvalue weighted by molar-refractivity contribution is 7.98. The van der Waals surface area contributed by atoms with E-state index >= 15 is 0 Å². The summed E-state index contributed by atoms with van der Waals surface area (Å²) in [7, 11) is 0. The zero-order valence-corrected chi connectivity index (χ0v) is 15.5. The highest BCUT2D eigenvalue weighted by Gasteiger charge is 2.14. The van der Waals surface area contributed by atoms with E-state index in [0.29, 0.717) is 28.2 Å². The SMILES string of the molecule is C=CCn1c(SCc2ccc(Cl)c(Cl)c2)nnc1-c1ccc(F)cc1. The lowest BCUT2D eigenvalue weighted by Crippen LogP contribution is -2.00. The zero-order chi connectivity index (χ0) is 17.8. The summed E-state index contributed by atoms with van der Waals surface area (Å²) in [5.74, 6) is 1.07.